The fourth-order valence-electron chi connectivity index (χ4n) is 3.82. The largest absolute Gasteiger partial charge is 0.508 e. The number of phenolic OH excluding ortho intramolecular Hbond substituents is 1. The third kappa shape index (κ3) is 3.03. The quantitative estimate of drug-likeness (QED) is 0.815. The molecule has 1 saturated heterocycles. The highest BCUT2D eigenvalue weighted by Gasteiger charge is 2.37. The Bertz CT molecular complexity index is 883. The Kier molecular flexibility index (Phi) is 4.11. The van der Waals surface area contributed by atoms with Crippen LogP contribution in [-0.2, 0) is 16.0 Å². The summed E-state index contributed by atoms with van der Waals surface area (Å²) in [5.41, 5.74) is 2.20. The van der Waals surface area contributed by atoms with Crippen molar-refractivity contribution in [2.75, 3.05) is 18.4 Å². The number of nitrogens with one attached hydrogen (secondary N) is 1. The van der Waals surface area contributed by atoms with Crippen LogP contribution >= 0.6 is 0 Å². The summed E-state index contributed by atoms with van der Waals surface area (Å²) in [6.45, 7) is 1.08. The molecule has 2 aliphatic heterocycles. The van der Waals surface area contributed by atoms with E-state index in [1.807, 2.05) is 6.07 Å². The van der Waals surface area contributed by atoms with E-state index in [1.165, 1.54) is 18.2 Å². The summed E-state index contributed by atoms with van der Waals surface area (Å²) in [6.07, 6.45) is 1.000. The van der Waals surface area contributed by atoms with Gasteiger partial charge in [0, 0.05) is 24.7 Å². The van der Waals surface area contributed by atoms with Crippen LogP contribution < -0.4 is 5.32 Å². The second-order valence-corrected chi connectivity index (χ2v) is 6.91. The summed E-state index contributed by atoms with van der Waals surface area (Å²) >= 11 is 0. The van der Waals surface area contributed by atoms with Gasteiger partial charge in [-0.15, -0.1) is 0 Å². The lowest BCUT2D eigenvalue weighted by Crippen LogP contribution is -2.43. The maximum atomic E-state index is 13.5. The van der Waals surface area contributed by atoms with Crippen LogP contribution in [0.1, 0.15) is 23.5 Å². The van der Waals surface area contributed by atoms with E-state index >= 15 is 0 Å². The van der Waals surface area contributed by atoms with E-state index in [4.69, 9.17) is 0 Å². The molecule has 2 atom stereocenters. The molecule has 0 bridgehead atoms. The van der Waals surface area contributed by atoms with Crippen molar-refractivity contribution in [2.45, 2.75) is 18.8 Å². The average Bonchev–Trinajstić information content (AvgIpc) is 3.11. The summed E-state index contributed by atoms with van der Waals surface area (Å²) in [5.74, 6) is -1.42. The van der Waals surface area contributed by atoms with Crippen LogP contribution in [0.25, 0.3) is 0 Å². The fraction of sp³-hybridized carbons (Fsp3) is 0.300. The van der Waals surface area contributed by atoms with E-state index in [1.54, 1.807) is 23.1 Å². The van der Waals surface area contributed by atoms with Gasteiger partial charge in [0.2, 0.25) is 11.8 Å². The van der Waals surface area contributed by atoms with Crippen molar-refractivity contribution in [1.29, 1.82) is 0 Å². The molecule has 0 saturated carbocycles. The van der Waals surface area contributed by atoms with Gasteiger partial charge < -0.3 is 15.3 Å². The topological polar surface area (TPSA) is 69.6 Å². The number of anilines is 1. The molecule has 26 heavy (non-hydrogen) atoms. The second-order valence-electron chi connectivity index (χ2n) is 6.91. The summed E-state index contributed by atoms with van der Waals surface area (Å²) in [6, 6.07) is 11.2. The Balaban J connectivity index is 1.49. The molecule has 0 aliphatic carbocycles. The van der Waals surface area contributed by atoms with Crippen molar-refractivity contribution in [2.24, 2.45) is 5.92 Å². The van der Waals surface area contributed by atoms with Crippen LogP contribution in [0.2, 0.25) is 0 Å². The van der Waals surface area contributed by atoms with Gasteiger partial charge in [-0.2, -0.15) is 0 Å². The van der Waals surface area contributed by atoms with Crippen molar-refractivity contribution in [3.63, 3.8) is 0 Å². The lowest BCUT2D eigenvalue weighted by Gasteiger charge is -2.27. The van der Waals surface area contributed by atoms with Gasteiger partial charge >= 0.3 is 0 Å². The molecule has 0 spiro atoms. The number of nitrogens with zero attached hydrogens (tertiary/aromatic N) is 1. The number of hydrogen-bond acceptors (Lipinski definition) is 3. The minimum atomic E-state index is -0.827. The highest BCUT2D eigenvalue weighted by Crippen LogP contribution is 2.32. The van der Waals surface area contributed by atoms with Crippen LogP contribution in [0.3, 0.4) is 0 Å². The first-order chi connectivity index (χ1) is 12.5. The monoisotopic (exact) mass is 354 g/mol. The summed E-state index contributed by atoms with van der Waals surface area (Å²) in [5, 5.41) is 12.3. The number of hydrogen-bond donors (Lipinski definition) is 2. The average molecular weight is 354 g/mol. The number of carbonyl (C=O) groups is 2. The Morgan fingerprint density at radius 2 is 2.08 bits per heavy atom. The molecule has 134 valence electrons. The number of likely N-dealkylation sites (tertiary alicyclic amines) is 1. The zero-order valence-corrected chi connectivity index (χ0v) is 14.1. The maximum Gasteiger partial charge on any atom is 0.237 e. The molecular formula is C20H19FN2O3. The van der Waals surface area contributed by atoms with Crippen LogP contribution in [0, 0.1) is 11.7 Å². The van der Waals surface area contributed by atoms with Gasteiger partial charge in [0.1, 0.15) is 17.5 Å². The van der Waals surface area contributed by atoms with Crippen LogP contribution in [0.15, 0.2) is 42.5 Å². The van der Waals surface area contributed by atoms with Gasteiger partial charge in [-0.3, -0.25) is 9.59 Å². The van der Waals surface area contributed by atoms with Crippen LogP contribution in [0.5, 0.6) is 5.75 Å². The van der Waals surface area contributed by atoms with E-state index in [9.17, 15) is 19.1 Å². The number of halogens is 1. The molecule has 2 aliphatic rings. The number of aromatic hydroxyl groups is 1. The van der Waals surface area contributed by atoms with Crippen molar-refractivity contribution in [1.82, 2.24) is 4.90 Å². The molecule has 2 aromatic carbocycles. The van der Waals surface area contributed by atoms with Crippen molar-refractivity contribution < 1.29 is 19.1 Å². The van der Waals surface area contributed by atoms with Gasteiger partial charge in [-0.25, -0.2) is 4.39 Å². The molecular weight excluding hydrogens is 335 g/mol. The summed E-state index contributed by atoms with van der Waals surface area (Å²) < 4.78 is 13.5. The first-order valence-electron chi connectivity index (χ1n) is 8.68. The number of phenols is 1. The molecule has 0 radical (unpaired) electrons. The number of fused-ring (bicyclic) bond motifs is 1. The highest BCUT2D eigenvalue weighted by molar-refractivity contribution is 6.08. The van der Waals surface area contributed by atoms with Gasteiger partial charge in [0.15, 0.2) is 0 Å². The van der Waals surface area contributed by atoms with Gasteiger partial charge in [0.05, 0.1) is 0 Å². The highest BCUT2D eigenvalue weighted by atomic mass is 19.1. The zero-order valence-electron chi connectivity index (χ0n) is 14.1. The molecule has 4 rings (SSSR count). The molecule has 6 heteroatoms. The molecule has 5 nitrogen and oxygen atoms in total. The Morgan fingerprint density at radius 1 is 1.23 bits per heavy atom. The SMILES string of the molecule is O=C1Nc2ccc(F)cc2CC1C(=O)N1CCC(c2cccc(O)c2)C1. The molecule has 2 aromatic rings. The minimum Gasteiger partial charge on any atom is -0.508 e. The van der Waals surface area contributed by atoms with E-state index in [-0.39, 0.29) is 35.7 Å². The standard InChI is InChI=1S/C20H19FN2O3/c21-15-4-5-18-14(8-15)10-17(19(25)22-18)20(26)23-7-6-13(11-23)12-2-1-3-16(24)9-12/h1-5,8-9,13,17,24H,6-7,10-11H2,(H,22,25). The maximum absolute atomic E-state index is 13.5. The minimum absolute atomic E-state index is 0.141. The van der Waals surface area contributed by atoms with E-state index < -0.39 is 5.92 Å². The third-order valence-corrected chi connectivity index (χ3v) is 5.21. The predicted octanol–water partition coefficient (Wildman–Crippen LogP) is 2.66. The van der Waals surface area contributed by atoms with Crippen molar-refractivity contribution >= 4 is 17.5 Å². The Labute approximate surface area is 150 Å². The summed E-state index contributed by atoms with van der Waals surface area (Å²) in [7, 11) is 0. The molecule has 2 heterocycles. The number of rotatable bonds is 2. The fourth-order valence-corrected chi connectivity index (χ4v) is 3.82. The molecule has 0 aromatic heterocycles. The molecule has 2 amide bonds. The molecule has 1 fully saturated rings. The van der Waals surface area contributed by atoms with Crippen molar-refractivity contribution in [3.05, 3.63) is 59.4 Å². The smallest absolute Gasteiger partial charge is 0.237 e. The van der Waals surface area contributed by atoms with Gasteiger partial charge in [-0.1, -0.05) is 12.1 Å². The number of amides is 2. The first-order valence-corrected chi connectivity index (χ1v) is 8.68. The Morgan fingerprint density at radius 3 is 2.88 bits per heavy atom. The second kappa shape index (κ2) is 6.44. The van der Waals surface area contributed by atoms with E-state index in [2.05, 4.69) is 5.32 Å². The predicted molar refractivity (Wildman–Crippen MR) is 94.3 cm³/mol. The van der Waals surface area contributed by atoms with Crippen LogP contribution in [-0.4, -0.2) is 34.9 Å². The van der Waals surface area contributed by atoms with Crippen molar-refractivity contribution in [3.8, 4) is 5.75 Å². The Hall–Kier alpha value is -2.89. The van der Waals surface area contributed by atoms with E-state index in [0.29, 0.717) is 24.3 Å². The number of benzene rings is 2. The third-order valence-electron chi connectivity index (χ3n) is 5.21. The molecule has 2 unspecified atom stereocenters. The summed E-state index contributed by atoms with van der Waals surface area (Å²) in [4.78, 5) is 26.9. The lowest BCUT2D eigenvalue weighted by molar-refractivity contribution is -0.139. The molecule has 2 N–H and O–H groups in total. The number of carbonyl (C=O) groups excluding carboxylic acids is 2. The van der Waals surface area contributed by atoms with Gasteiger partial charge in [-0.05, 0) is 54.3 Å². The van der Waals surface area contributed by atoms with Gasteiger partial charge in [0.25, 0.3) is 0 Å². The first kappa shape index (κ1) is 16.6. The lowest BCUT2D eigenvalue weighted by atomic mass is 9.92. The normalized spacial score (nSPS) is 22.0. The van der Waals surface area contributed by atoms with E-state index in [0.717, 1.165) is 12.0 Å². The zero-order chi connectivity index (χ0) is 18.3. The van der Waals surface area contributed by atoms with Crippen LogP contribution in [0.4, 0.5) is 10.1 Å².